The van der Waals surface area contributed by atoms with Gasteiger partial charge in [0.1, 0.15) is 6.61 Å². The summed E-state index contributed by atoms with van der Waals surface area (Å²) in [5, 5.41) is 0. The van der Waals surface area contributed by atoms with E-state index in [1.165, 1.54) is 32.3 Å². The number of benzene rings is 1. The molecule has 6 nitrogen and oxygen atoms in total. The number of carbonyl (C=O) groups excluding carboxylic acids is 1. The molecule has 2 rings (SSSR count). The first kappa shape index (κ1) is 17.8. The molecule has 0 aliphatic carbocycles. The standard InChI is InChI=1S/C17H18N2O4S/c1-19(2)24(21,22)16-9-6-14(7-10-16)8-11-17(20)23-13-15-5-3-4-12-18-15/h3-12H,13H2,1-2H3. The summed E-state index contributed by atoms with van der Waals surface area (Å²) in [6.45, 7) is 0.101. The molecule has 7 heteroatoms. The molecule has 0 aliphatic heterocycles. The minimum Gasteiger partial charge on any atom is -0.456 e. The summed E-state index contributed by atoms with van der Waals surface area (Å²) < 4.78 is 30.1. The van der Waals surface area contributed by atoms with Crippen LogP contribution in [0.5, 0.6) is 0 Å². The predicted molar refractivity (Wildman–Crippen MR) is 90.4 cm³/mol. The molecule has 1 aromatic heterocycles. The van der Waals surface area contributed by atoms with Gasteiger partial charge in [0, 0.05) is 26.4 Å². The van der Waals surface area contributed by atoms with Gasteiger partial charge in [-0.15, -0.1) is 0 Å². The molecule has 0 radical (unpaired) electrons. The molecule has 0 atom stereocenters. The largest absolute Gasteiger partial charge is 0.456 e. The second-order valence-electron chi connectivity index (χ2n) is 5.12. The third-order valence-corrected chi connectivity index (χ3v) is 4.99. The van der Waals surface area contributed by atoms with Gasteiger partial charge < -0.3 is 4.74 Å². The lowest BCUT2D eigenvalue weighted by Crippen LogP contribution is -2.22. The Kier molecular flexibility index (Phi) is 5.83. The summed E-state index contributed by atoms with van der Waals surface area (Å²) in [5.74, 6) is -0.495. The number of hydrogen-bond donors (Lipinski definition) is 0. The summed E-state index contributed by atoms with van der Waals surface area (Å²) in [6.07, 6.45) is 4.48. The van der Waals surface area contributed by atoms with E-state index in [9.17, 15) is 13.2 Å². The molecule has 24 heavy (non-hydrogen) atoms. The number of pyridine rings is 1. The number of hydrogen-bond acceptors (Lipinski definition) is 5. The van der Waals surface area contributed by atoms with E-state index in [1.54, 1.807) is 36.5 Å². The van der Waals surface area contributed by atoms with Crippen LogP contribution in [0, 0.1) is 0 Å². The summed E-state index contributed by atoms with van der Waals surface area (Å²) in [7, 11) is -0.508. The normalized spacial score (nSPS) is 11.8. The molecule has 0 N–H and O–H groups in total. The van der Waals surface area contributed by atoms with Crippen LogP contribution in [0.4, 0.5) is 0 Å². The number of rotatable bonds is 6. The molecule has 0 bridgehead atoms. The minimum atomic E-state index is -3.45. The van der Waals surface area contributed by atoms with Crippen molar-refractivity contribution in [1.29, 1.82) is 0 Å². The number of sulfonamides is 1. The summed E-state index contributed by atoms with van der Waals surface area (Å²) in [6, 6.07) is 11.6. The maximum absolute atomic E-state index is 12.0. The molecular formula is C17H18N2O4S. The summed E-state index contributed by atoms with van der Waals surface area (Å²) in [5.41, 5.74) is 1.36. The monoisotopic (exact) mass is 346 g/mol. The van der Waals surface area contributed by atoms with Crippen molar-refractivity contribution in [3.63, 3.8) is 0 Å². The Labute approximate surface area is 141 Å². The molecule has 2 aromatic rings. The first-order chi connectivity index (χ1) is 11.4. The van der Waals surface area contributed by atoms with Crippen molar-refractivity contribution in [2.24, 2.45) is 0 Å². The van der Waals surface area contributed by atoms with Crippen LogP contribution in [0.15, 0.2) is 59.6 Å². The maximum Gasteiger partial charge on any atom is 0.331 e. The van der Waals surface area contributed by atoms with Gasteiger partial charge in [0.25, 0.3) is 0 Å². The molecule has 1 aromatic carbocycles. The average Bonchev–Trinajstić information content (AvgIpc) is 2.59. The number of carbonyl (C=O) groups is 1. The van der Waals surface area contributed by atoms with Crippen LogP contribution in [-0.4, -0.2) is 37.8 Å². The fourth-order valence-corrected chi connectivity index (χ4v) is 2.70. The molecule has 0 saturated heterocycles. The van der Waals surface area contributed by atoms with Crippen LogP contribution < -0.4 is 0 Å². The zero-order valence-corrected chi connectivity index (χ0v) is 14.2. The maximum atomic E-state index is 12.0. The van der Waals surface area contributed by atoms with Crippen LogP contribution in [-0.2, 0) is 26.2 Å². The van der Waals surface area contributed by atoms with E-state index in [4.69, 9.17) is 4.74 Å². The van der Waals surface area contributed by atoms with Gasteiger partial charge in [0.05, 0.1) is 10.6 Å². The van der Waals surface area contributed by atoms with Gasteiger partial charge in [0.2, 0.25) is 10.0 Å². The van der Waals surface area contributed by atoms with E-state index in [-0.39, 0.29) is 11.5 Å². The highest BCUT2D eigenvalue weighted by Gasteiger charge is 2.16. The number of ether oxygens (including phenoxy) is 1. The van der Waals surface area contributed by atoms with E-state index in [1.807, 2.05) is 6.07 Å². The average molecular weight is 346 g/mol. The van der Waals surface area contributed by atoms with Gasteiger partial charge in [0.15, 0.2) is 0 Å². The Bertz CT molecular complexity index is 813. The molecule has 0 spiro atoms. The van der Waals surface area contributed by atoms with Crippen LogP contribution in [0.1, 0.15) is 11.3 Å². The fourth-order valence-electron chi connectivity index (χ4n) is 1.80. The van der Waals surface area contributed by atoms with Crippen molar-refractivity contribution in [3.8, 4) is 0 Å². The molecular weight excluding hydrogens is 328 g/mol. The van der Waals surface area contributed by atoms with Gasteiger partial charge >= 0.3 is 5.97 Å². The highest BCUT2D eigenvalue weighted by Crippen LogP contribution is 2.14. The third-order valence-electron chi connectivity index (χ3n) is 3.16. The van der Waals surface area contributed by atoms with Crippen LogP contribution >= 0.6 is 0 Å². The van der Waals surface area contributed by atoms with Gasteiger partial charge in [-0.3, -0.25) is 4.98 Å². The van der Waals surface area contributed by atoms with Gasteiger partial charge in [-0.2, -0.15) is 0 Å². The Hall–Kier alpha value is -2.51. The van der Waals surface area contributed by atoms with E-state index >= 15 is 0 Å². The van der Waals surface area contributed by atoms with Gasteiger partial charge in [-0.25, -0.2) is 17.5 Å². The number of aromatic nitrogens is 1. The number of esters is 1. The first-order valence-electron chi connectivity index (χ1n) is 7.17. The van der Waals surface area contributed by atoms with Gasteiger partial charge in [-0.1, -0.05) is 18.2 Å². The lowest BCUT2D eigenvalue weighted by atomic mass is 10.2. The minimum absolute atomic E-state index is 0.101. The Morgan fingerprint density at radius 1 is 1.17 bits per heavy atom. The quantitative estimate of drug-likeness (QED) is 0.591. The predicted octanol–water partition coefficient (Wildman–Crippen LogP) is 2.09. The van der Waals surface area contributed by atoms with Gasteiger partial charge in [-0.05, 0) is 35.9 Å². The van der Waals surface area contributed by atoms with Crippen molar-refractivity contribution < 1.29 is 17.9 Å². The summed E-state index contributed by atoms with van der Waals surface area (Å²) in [4.78, 5) is 15.9. The Balaban J connectivity index is 1.95. The first-order valence-corrected chi connectivity index (χ1v) is 8.61. The lowest BCUT2D eigenvalue weighted by molar-refractivity contribution is -0.139. The smallest absolute Gasteiger partial charge is 0.331 e. The zero-order chi connectivity index (χ0) is 17.6. The van der Waals surface area contributed by atoms with E-state index in [0.29, 0.717) is 11.3 Å². The van der Waals surface area contributed by atoms with Crippen molar-refractivity contribution in [2.75, 3.05) is 14.1 Å². The molecule has 126 valence electrons. The zero-order valence-electron chi connectivity index (χ0n) is 13.4. The van der Waals surface area contributed by atoms with Crippen LogP contribution in [0.2, 0.25) is 0 Å². The van der Waals surface area contributed by atoms with Crippen molar-refractivity contribution in [1.82, 2.24) is 9.29 Å². The molecule has 1 heterocycles. The lowest BCUT2D eigenvalue weighted by Gasteiger charge is -2.11. The highest BCUT2D eigenvalue weighted by molar-refractivity contribution is 7.89. The van der Waals surface area contributed by atoms with Crippen molar-refractivity contribution in [2.45, 2.75) is 11.5 Å². The third kappa shape index (κ3) is 4.74. The second-order valence-corrected chi connectivity index (χ2v) is 7.27. The SMILES string of the molecule is CN(C)S(=O)(=O)c1ccc(C=CC(=O)OCc2ccccn2)cc1. The molecule has 0 saturated carbocycles. The Morgan fingerprint density at radius 2 is 1.88 bits per heavy atom. The van der Waals surface area contributed by atoms with Crippen molar-refractivity contribution in [3.05, 3.63) is 66.0 Å². The van der Waals surface area contributed by atoms with E-state index in [2.05, 4.69) is 4.98 Å². The van der Waals surface area contributed by atoms with E-state index in [0.717, 1.165) is 4.31 Å². The molecule has 0 unspecified atom stereocenters. The van der Waals surface area contributed by atoms with Crippen LogP contribution in [0.3, 0.4) is 0 Å². The fraction of sp³-hybridized carbons (Fsp3) is 0.176. The van der Waals surface area contributed by atoms with Crippen LogP contribution in [0.25, 0.3) is 6.08 Å². The van der Waals surface area contributed by atoms with Crippen molar-refractivity contribution >= 4 is 22.1 Å². The molecule has 0 amide bonds. The second kappa shape index (κ2) is 7.85. The topological polar surface area (TPSA) is 76.6 Å². The highest BCUT2D eigenvalue weighted by atomic mass is 32.2. The Morgan fingerprint density at radius 3 is 2.46 bits per heavy atom. The summed E-state index contributed by atoms with van der Waals surface area (Å²) >= 11 is 0. The molecule has 0 fully saturated rings. The molecule has 0 aliphatic rings. The number of nitrogens with zero attached hydrogens (tertiary/aromatic N) is 2. The van der Waals surface area contributed by atoms with E-state index < -0.39 is 16.0 Å².